The third-order valence-electron chi connectivity index (χ3n) is 3.76. The van der Waals surface area contributed by atoms with Crippen LogP contribution in [-0.2, 0) is 6.42 Å². The zero-order valence-corrected chi connectivity index (χ0v) is 14.7. The first-order chi connectivity index (χ1) is 10.1. The standard InChI is InChI=1S/C19H24BrN/c1-4-10-21-19(12-16-7-5-6-14(2)11-16)17-9-8-15(3)18(20)13-17/h5-9,11,13,19,21H,4,10,12H2,1-3H3. The van der Waals surface area contributed by atoms with Gasteiger partial charge >= 0.3 is 0 Å². The van der Waals surface area contributed by atoms with E-state index >= 15 is 0 Å². The minimum absolute atomic E-state index is 0.364. The van der Waals surface area contributed by atoms with Crippen molar-refractivity contribution in [1.29, 1.82) is 0 Å². The number of nitrogens with one attached hydrogen (secondary N) is 1. The smallest absolute Gasteiger partial charge is 0.0361 e. The van der Waals surface area contributed by atoms with E-state index in [4.69, 9.17) is 0 Å². The van der Waals surface area contributed by atoms with Crippen molar-refractivity contribution in [3.8, 4) is 0 Å². The molecular weight excluding hydrogens is 322 g/mol. The molecule has 0 amide bonds. The topological polar surface area (TPSA) is 12.0 Å². The van der Waals surface area contributed by atoms with Crippen LogP contribution in [0.25, 0.3) is 0 Å². The first-order valence-electron chi connectivity index (χ1n) is 7.65. The molecule has 0 radical (unpaired) electrons. The van der Waals surface area contributed by atoms with E-state index in [1.165, 1.54) is 26.7 Å². The van der Waals surface area contributed by atoms with Crippen LogP contribution in [0.3, 0.4) is 0 Å². The molecule has 0 aliphatic heterocycles. The molecule has 0 aliphatic rings. The molecule has 0 saturated heterocycles. The summed E-state index contributed by atoms with van der Waals surface area (Å²) < 4.78 is 1.19. The number of hydrogen-bond acceptors (Lipinski definition) is 1. The van der Waals surface area contributed by atoms with Gasteiger partial charge in [-0.1, -0.05) is 64.8 Å². The predicted octanol–water partition coefficient (Wildman–Crippen LogP) is 5.35. The molecule has 0 spiro atoms. The third kappa shape index (κ3) is 4.69. The molecular formula is C19H24BrN. The van der Waals surface area contributed by atoms with Crippen LogP contribution >= 0.6 is 15.9 Å². The Bertz CT molecular complexity index is 592. The Morgan fingerprint density at radius 2 is 1.90 bits per heavy atom. The van der Waals surface area contributed by atoms with Crippen LogP contribution in [-0.4, -0.2) is 6.54 Å². The Labute approximate surface area is 136 Å². The van der Waals surface area contributed by atoms with E-state index in [1.54, 1.807) is 0 Å². The second-order valence-electron chi connectivity index (χ2n) is 5.71. The van der Waals surface area contributed by atoms with Crippen LogP contribution < -0.4 is 5.32 Å². The average Bonchev–Trinajstić information content (AvgIpc) is 2.46. The number of rotatable bonds is 6. The van der Waals surface area contributed by atoms with Gasteiger partial charge in [0.25, 0.3) is 0 Å². The maximum absolute atomic E-state index is 3.68. The lowest BCUT2D eigenvalue weighted by molar-refractivity contribution is 0.529. The van der Waals surface area contributed by atoms with Gasteiger partial charge in [-0.3, -0.25) is 0 Å². The molecule has 2 heteroatoms. The summed E-state index contributed by atoms with van der Waals surface area (Å²) in [6.45, 7) is 7.53. The van der Waals surface area contributed by atoms with E-state index in [-0.39, 0.29) is 0 Å². The van der Waals surface area contributed by atoms with E-state index < -0.39 is 0 Å². The van der Waals surface area contributed by atoms with Crippen molar-refractivity contribution in [2.75, 3.05) is 6.54 Å². The van der Waals surface area contributed by atoms with E-state index in [9.17, 15) is 0 Å². The minimum atomic E-state index is 0.364. The maximum atomic E-state index is 3.68. The Morgan fingerprint density at radius 1 is 1.10 bits per heavy atom. The summed E-state index contributed by atoms with van der Waals surface area (Å²) in [5.74, 6) is 0. The lowest BCUT2D eigenvalue weighted by Crippen LogP contribution is -2.24. The summed E-state index contributed by atoms with van der Waals surface area (Å²) in [5.41, 5.74) is 5.35. The summed E-state index contributed by atoms with van der Waals surface area (Å²) in [7, 11) is 0. The SMILES string of the molecule is CCCNC(Cc1cccc(C)c1)c1ccc(C)c(Br)c1. The van der Waals surface area contributed by atoms with Crippen molar-refractivity contribution in [3.05, 3.63) is 69.2 Å². The van der Waals surface area contributed by atoms with Crippen LogP contribution in [0.4, 0.5) is 0 Å². The predicted molar refractivity (Wildman–Crippen MR) is 94.8 cm³/mol. The maximum Gasteiger partial charge on any atom is 0.0361 e. The molecule has 0 aliphatic carbocycles. The molecule has 0 saturated carbocycles. The molecule has 1 atom stereocenters. The highest BCUT2D eigenvalue weighted by molar-refractivity contribution is 9.10. The molecule has 0 heterocycles. The fraction of sp³-hybridized carbons (Fsp3) is 0.368. The van der Waals surface area contributed by atoms with Crippen LogP contribution in [0.2, 0.25) is 0 Å². The molecule has 1 unspecified atom stereocenters. The van der Waals surface area contributed by atoms with Crippen molar-refractivity contribution in [2.45, 2.75) is 39.7 Å². The van der Waals surface area contributed by atoms with Gasteiger partial charge in [0.1, 0.15) is 0 Å². The van der Waals surface area contributed by atoms with Gasteiger partial charge in [0.2, 0.25) is 0 Å². The molecule has 0 fully saturated rings. The summed E-state index contributed by atoms with van der Waals surface area (Å²) in [4.78, 5) is 0. The molecule has 2 rings (SSSR count). The van der Waals surface area contributed by atoms with Gasteiger partial charge in [-0.15, -0.1) is 0 Å². The minimum Gasteiger partial charge on any atom is -0.310 e. The van der Waals surface area contributed by atoms with Crippen molar-refractivity contribution in [1.82, 2.24) is 5.32 Å². The van der Waals surface area contributed by atoms with E-state index in [1.807, 2.05) is 0 Å². The lowest BCUT2D eigenvalue weighted by Gasteiger charge is -2.20. The van der Waals surface area contributed by atoms with Crippen molar-refractivity contribution < 1.29 is 0 Å². The van der Waals surface area contributed by atoms with Crippen LogP contribution in [0, 0.1) is 13.8 Å². The highest BCUT2D eigenvalue weighted by Crippen LogP contribution is 2.24. The molecule has 112 valence electrons. The zero-order valence-electron chi connectivity index (χ0n) is 13.1. The fourth-order valence-electron chi connectivity index (χ4n) is 2.53. The normalized spacial score (nSPS) is 12.4. The summed E-state index contributed by atoms with van der Waals surface area (Å²) >= 11 is 3.65. The highest BCUT2D eigenvalue weighted by Gasteiger charge is 2.12. The Hall–Kier alpha value is -1.12. The number of benzene rings is 2. The molecule has 2 aromatic rings. The van der Waals surface area contributed by atoms with Gasteiger partial charge in [-0.05, 0) is 56.0 Å². The highest BCUT2D eigenvalue weighted by atomic mass is 79.9. The van der Waals surface area contributed by atoms with Crippen molar-refractivity contribution in [2.24, 2.45) is 0 Å². The number of aryl methyl sites for hydroxylation is 2. The summed E-state index contributed by atoms with van der Waals surface area (Å²) in [6.07, 6.45) is 2.18. The molecule has 2 aromatic carbocycles. The second kappa shape index (κ2) is 7.77. The Balaban J connectivity index is 2.22. The first-order valence-corrected chi connectivity index (χ1v) is 8.44. The lowest BCUT2D eigenvalue weighted by atomic mass is 9.97. The molecule has 0 bridgehead atoms. The second-order valence-corrected chi connectivity index (χ2v) is 6.56. The molecule has 1 N–H and O–H groups in total. The third-order valence-corrected chi connectivity index (χ3v) is 4.62. The first kappa shape index (κ1) is 16.3. The summed E-state index contributed by atoms with van der Waals surface area (Å²) in [6, 6.07) is 15.8. The zero-order chi connectivity index (χ0) is 15.2. The number of hydrogen-bond donors (Lipinski definition) is 1. The molecule has 1 nitrogen and oxygen atoms in total. The van der Waals surface area contributed by atoms with Crippen LogP contribution in [0.5, 0.6) is 0 Å². The van der Waals surface area contributed by atoms with Gasteiger partial charge in [0, 0.05) is 10.5 Å². The largest absolute Gasteiger partial charge is 0.310 e. The quantitative estimate of drug-likeness (QED) is 0.743. The van der Waals surface area contributed by atoms with E-state index in [2.05, 4.69) is 84.5 Å². The Morgan fingerprint density at radius 3 is 2.57 bits per heavy atom. The van der Waals surface area contributed by atoms with Gasteiger partial charge in [0.15, 0.2) is 0 Å². The van der Waals surface area contributed by atoms with Gasteiger partial charge in [-0.2, -0.15) is 0 Å². The molecule has 21 heavy (non-hydrogen) atoms. The van der Waals surface area contributed by atoms with E-state index in [0.29, 0.717) is 6.04 Å². The van der Waals surface area contributed by atoms with E-state index in [0.717, 1.165) is 19.4 Å². The van der Waals surface area contributed by atoms with Gasteiger partial charge in [-0.25, -0.2) is 0 Å². The average molecular weight is 346 g/mol. The molecule has 0 aromatic heterocycles. The van der Waals surface area contributed by atoms with Crippen LogP contribution in [0.1, 0.15) is 41.6 Å². The monoisotopic (exact) mass is 345 g/mol. The number of halogens is 1. The van der Waals surface area contributed by atoms with Gasteiger partial charge < -0.3 is 5.32 Å². The van der Waals surface area contributed by atoms with Crippen molar-refractivity contribution in [3.63, 3.8) is 0 Å². The van der Waals surface area contributed by atoms with Gasteiger partial charge in [0.05, 0.1) is 0 Å². The van der Waals surface area contributed by atoms with Crippen molar-refractivity contribution >= 4 is 15.9 Å². The Kier molecular flexibility index (Phi) is 6.01. The summed E-state index contributed by atoms with van der Waals surface area (Å²) in [5, 5.41) is 3.68. The van der Waals surface area contributed by atoms with Crippen LogP contribution in [0.15, 0.2) is 46.9 Å². The fourth-order valence-corrected chi connectivity index (χ4v) is 2.92.